The Morgan fingerprint density at radius 3 is 2.93 bits per heavy atom. The van der Waals surface area contributed by atoms with Gasteiger partial charge in [-0.2, -0.15) is 0 Å². The molecule has 0 amide bonds. The lowest BCUT2D eigenvalue weighted by Crippen LogP contribution is -2.33. The summed E-state index contributed by atoms with van der Waals surface area (Å²) in [5.41, 5.74) is 1.51. The summed E-state index contributed by atoms with van der Waals surface area (Å²) in [7, 11) is 0. The number of thiophene rings is 1. The Bertz CT molecular complexity index is 1060. The largest absolute Gasteiger partial charge is 0.478 e. The van der Waals surface area contributed by atoms with Crippen LogP contribution >= 0.6 is 11.3 Å². The third-order valence-corrected chi connectivity index (χ3v) is 5.91. The number of ketones is 1. The minimum Gasteiger partial charge on any atom is -0.478 e. The van der Waals surface area contributed by atoms with Crippen molar-refractivity contribution in [3.05, 3.63) is 75.1 Å². The second-order valence-corrected chi connectivity index (χ2v) is 7.99. The number of hydrogen-bond donors (Lipinski definition) is 0. The predicted octanol–water partition coefficient (Wildman–Crippen LogP) is 4.66. The molecule has 0 N–H and O–H groups in total. The normalized spacial score (nSPS) is 17.3. The molecule has 4 heterocycles. The number of ether oxygens (including phenoxy) is 2. The zero-order chi connectivity index (χ0) is 19.1. The lowest BCUT2D eigenvalue weighted by atomic mass is 10.0. The fourth-order valence-electron chi connectivity index (χ4n) is 3.53. The molecular formula is C22H19NO4S. The number of carbonyl (C=O) groups excluding carboxylic acids is 1. The zero-order valence-corrected chi connectivity index (χ0v) is 16.3. The zero-order valence-electron chi connectivity index (χ0n) is 15.4. The van der Waals surface area contributed by atoms with Crippen molar-refractivity contribution in [3.63, 3.8) is 0 Å². The van der Waals surface area contributed by atoms with Gasteiger partial charge in [0, 0.05) is 24.0 Å². The number of nitrogens with zero attached hydrogens (tertiary/aromatic N) is 1. The van der Waals surface area contributed by atoms with E-state index in [-0.39, 0.29) is 11.5 Å². The Labute approximate surface area is 166 Å². The first-order chi connectivity index (χ1) is 13.7. The second kappa shape index (κ2) is 6.96. The van der Waals surface area contributed by atoms with Crippen molar-refractivity contribution >= 4 is 23.2 Å². The minimum absolute atomic E-state index is 0.123. The molecule has 5 nitrogen and oxygen atoms in total. The second-order valence-electron chi connectivity index (χ2n) is 6.96. The van der Waals surface area contributed by atoms with Gasteiger partial charge in [-0.3, -0.25) is 9.69 Å². The number of allylic oxidation sites excluding steroid dienone is 1. The number of carbonyl (C=O) groups is 1. The van der Waals surface area contributed by atoms with Crippen molar-refractivity contribution in [2.45, 2.75) is 19.9 Å². The van der Waals surface area contributed by atoms with Crippen LogP contribution in [0.15, 0.2) is 52.0 Å². The molecule has 0 spiro atoms. The maximum absolute atomic E-state index is 12.8. The highest BCUT2D eigenvalue weighted by Crippen LogP contribution is 2.42. The average Bonchev–Trinajstić information content (AvgIpc) is 3.43. The summed E-state index contributed by atoms with van der Waals surface area (Å²) in [6.45, 7) is 4.00. The van der Waals surface area contributed by atoms with Gasteiger partial charge >= 0.3 is 0 Å². The molecule has 1 aromatic carbocycles. The van der Waals surface area contributed by atoms with E-state index in [1.807, 2.05) is 25.1 Å². The Morgan fingerprint density at radius 1 is 1.21 bits per heavy atom. The Morgan fingerprint density at radius 2 is 2.14 bits per heavy atom. The first kappa shape index (κ1) is 17.3. The van der Waals surface area contributed by atoms with Gasteiger partial charge in [-0.15, -0.1) is 11.3 Å². The van der Waals surface area contributed by atoms with Gasteiger partial charge in [-0.25, -0.2) is 0 Å². The number of rotatable bonds is 4. The number of fused-ring (bicyclic) bond motifs is 3. The van der Waals surface area contributed by atoms with Gasteiger partial charge in [0.25, 0.3) is 0 Å². The maximum Gasteiger partial charge on any atom is 0.232 e. The highest BCUT2D eigenvalue weighted by Gasteiger charge is 2.33. The van der Waals surface area contributed by atoms with E-state index < -0.39 is 0 Å². The molecule has 0 fully saturated rings. The van der Waals surface area contributed by atoms with Crippen molar-refractivity contribution in [2.24, 2.45) is 0 Å². The van der Waals surface area contributed by atoms with E-state index in [2.05, 4.69) is 22.4 Å². The molecule has 2 aromatic heterocycles. The van der Waals surface area contributed by atoms with Crippen LogP contribution in [-0.4, -0.2) is 24.0 Å². The van der Waals surface area contributed by atoms with Crippen LogP contribution in [0.5, 0.6) is 11.5 Å². The third kappa shape index (κ3) is 3.15. The molecule has 2 aliphatic rings. The lowest BCUT2D eigenvalue weighted by Gasteiger charge is -2.29. The number of furan rings is 1. The van der Waals surface area contributed by atoms with E-state index in [0.717, 1.165) is 30.0 Å². The van der Waals surface area contributed by atoms with E-state index >= 15 is 0 Å². The van der Waals surface area contributed by atoms with Crippen molar-refractivity contribution in [1.82, 2.24) is 4.90 Å². The Kier molecular flexibility index (Phi) is 4.30. The minimum atomic E-state index is -0.123. The fourth-order valence-corrected chi connectivity index (χ4v) is 4.23. The van der Waals surface area contributed by atoms with E-state index in [0.29, 0.717) is 30.3 Å². The van der Waals surface area contributed by atoms with Crippen molar-refractivity contribution in [3.8, 4) is 11.5 Å². The van der Waals surface area contributed by atoms with Gasteiger partial charge in [0.05, 0.1) is 11.1 Å². The van der Waals surface area contributed by atoms with E-state index in [1.165, 1.54) is 4.88 Å². The molecule has 0 bridgehead atoms. The standard InChI is InChI=1S/C22H19NO4S/c1-14-4-5-15(26-14)11-20-21(24)17-6-7-19-18(22(17)27-20)12-23(13-25-19)9-8-16-3-2-10-28-16/h2-7,10-11H,8-9,12-13H2,1H3/b20-11-. The Balaban J connectivity index is 1.39. The molecule has 0 atom stereocenters. The van der Waals surface area contributed by atoms with Crippen molar-refractivity contribution in [1.29, 1.82) is 0 Å². The summed E-state index contributed by atoms with van der Waals surface area (Å²) in [6, 6.07) is 11.6. The maximum atomic E-state index is 12.8. The quantitative estimate of drug-likeness (QED) is 0.604. The SMILES string of the molecule is Cc1ccc(/C=C2\Oc3c(ccc4c3CN(CCc3cccs3)CO4)C2=O)o1. The molecule has 0 aliphatic carbocycles. The topological polar surface area (TPSA) is 51.9 Å². The highest BCUT2D eigenvalue weighted by molar-refractivity contribution is 7.09. The molecule has 0 saturated carbocycles. The van der Waals surface area contributed by atoms with E-state index in [1.54, 1.807) is 23.5 Å². The highest BCUT2D eigenvalue weighted by atomic mass is 32.1. The van der Waals surface area contributed by atoms with Crippen LogP contribution in [0.1, 0.15) is 32.3 Å². The van der Waals surface area contributed by atoms with Crippen molar-refractivity contribution < 1.29 is 18.7 Å². The summed E-state index contributed by atoms with van der Waals surface area (Å²) in [5, 5.41) is 2.10. The summed E-state index contributed by atoms with van der Waals surface area (Å²) in [6.07, 6.45) is 2.63. The van der Waals surface area contributed by atoms with E-state index in [9.17, 15) is 4.79 Å². The number of benzene rings is 1. The van der Waals surface area contributed by atoms with Crippen LogP contribution in [0.4, 0.5) is 0 Å². The first-order valence-corrected chi connectivity index (χ1v) is 10.1. The van der Waals surface area contributed by atoms with Gasteiger partial charge < -0.3 is 13.9 Å². The number of hydrogen-bond acceptors (Lipinski definition) is 6. The van der Waals surface area contributed by atoms with Crippen LogP contribution in [0.2, 0.25) is 0 Å². The summed E-state index contributed by atoms with van der Waals surface area (Å²) < 4.78 is 17.4. The molecule has 2 aliphatic heterocycles. The molecule has 0 saturated heterocycles. The molecule has 142 valence electrons. The van der Waals surface area contributed by atoms with Crippen LogP contribution in [-0.2, 0) is 13.0 Å². The molecule has 0 unspecified atom stereocenters. The summed E-state index contributed by atoms with van der Waals surface area (Å²) >= 11 is 1.77. The predicted molar refractivity (Wildman–Crippen MR) is 107 cm³/mol. The lowest BCUT2D eigenvalue weighted by molar-refractivity contribution is 0.0951. The van der Waals surface area contributed by atoms with Crippen LogP contribution in [0.3, 0.4) is 0 Å². The van der Waals surface area contributed by atoms with Gasteiger partial charge in [0.2, 0.25) is 5.78 Å². The average molecular weight is 393 g/mol. The van der Waals surface area contributed by atoms with E-state index in [4.69, 9.17) is 13.9 Å². The first-order valence-electron chi connectivity index (χ1n) is 9.21. The molecule has 6 heteroatoms. The summed E-state index contributed by atoms with van der Waals surface area (Å²) in [5.74, 6) is 2.96. The fraction of sp³-hybridized carbons (Fsp3) is 0.227. The smallest absolute Gasteiger partial charge is 0.232 e. The van der Waals surface area contributed by atoms with Gasteiger partial charge in [-0.1, -0.05) is 6.07 Å². The van der Waals surface area contributed by atoms with Crippen LogP contribution in [0, 0.1) is 6.92 Å². The van der Waals surface area contributed by atoms with Crippen molar-refractivity contribution in [2.75, 3.05) is 13.3 Å². The third-order valence-electron chi connectivity index (χ3n) is 4.97. The van der Waals surface area contributed by atoms with Gasteiger partial charge in [0.15, 0.2) is 5.76 Å². The summed E-state index contributed by atoms with van der Waals surface area (Å²) in [4.78, 5) is 16.4. The Hall–Kier alpha value is -2.83. The number of aryl methyl sites for hydroxylation is 1. The molecular weight excluding hydrogens is 374 g/mol. The number of Topliss-reactive ketones (excluding diaryl/α,β-unsaturated/α-hetero) is 1. The monoisotopic (exact) mass is 393 g/mol. The van der Waals surface area contributed by atoms with Gasteiger partial charge in [0.1, 0.15) is 29.8 Å². The van der Waals surface area contributed by atoms with Gasteiger partial charge in [-0.05, 0) is 49.1 Å². The van der Waals surface area contributed by atoms with Crippen LogP contribution in [0.25, 0.3) is 6.08 Å². The molecule has 28 heavy (non-hydrogen) atoms. The van der Waals surface area contributed by atoms with Crippen LogP contribution < -0.4 is 9.47 Å². The molecule has 3 aromatic rings. The molecule has 5 rings (SSSR count). The molecule has 0 radical (unpaired) electrons.